The number of hydrazone groups is 1. The summed E-state index contributed by atoms with van der Waals surface area (Å²) in [7, 11) is -3.88. The maximum absolute atomic E-state index is 12.5. The Morgan fingerprint density at radius 3 is 2.43 bits per heavy atom. The van der Waals surface area contributed by atoms with Gasteiger partial charge in [-0.2, -0.15) is 9.82 Å². The Labute approximate surface area is 162 Å². The van der Waals surface area contributed by atoms with E-state index in [4.69, 9.17) is 0 Å². The third-order valence-electron chi connectivity index (χ3n) is 3.75. The van der Waals surface area contributed by atoms with Crippen molar-refractivity contribution in [3.05, 3.63) is 70.3 Å². The van der Waals surface area contributed by atoms with Crippen LogP contribution in [-0.4, -0.2) is 31.5 Å². The molecule has 148 valence electrons. The fraction of sp³-hybridized carbons (Fsp3) is 0.222. The molecular weight excluding hydrogens is 384 g/mol. The standard InChI is InChI=1S/C18H20N4O5S/c1-13(2)17(21-28(26,27)16-9-4-3-5-10-16)18(23)20-19-12-14-7-6-8-15(11-14)22(24)25/h3-13,17,21H,1-2H3,(H,20,23). The van der Waals surface area contributed by atoms with E-state index in [1.54, 1.807) is 38.1 Å². The molecule has 0 aliphatic carbocycles. The van der Waals surface area contributed by atoms with Crippen LogP contribution in [0.3, 0.4) is 0 Å². The van der Waals surface area contributed by atoms with Crippen LogP contribution in [0.5, 0.6) is 0 Å². The number of amides is 1. The van der Waals surface area contributed by atoms with Crippen molar-refractivity contribution in [2.24, 2.45) is 11.0 Å². The third kappa shape index (κ3) is 5.69. The van der Waals surface area contributed by atoms with Crippen LogP contribution in [0.25, 0.3) is 0 Å². The first-order valence-electron chi connectivity index (χ1n) is 8.35. The second-order valence-corrected chi connectivity index (χ2v) is 7.96. The molecule has 1 unspecified atom stereocenters. The number of non-ortho nitro benzene ring substituents is 1. The van der Waals surface area contributed by atoms with E-state index < -0.39 is 26.9 Å². The van der Waals surface area contributed by atoms with Gasteiger partial charge < -0.3 is 0 Å². The highest BCUT2D eigenvalue weighted by Crippen LogP contribution is 2.12. The molecule has 1 amide bonds. The number of carbonyl (C=O) groups is 1. The fourth-order valence-corrected chi connectivity index (χ4v) is 3.65. The van der Waals surface area contributed by atoms with Crippen LogP contribution in [-0.2, 0) is 14.8 Å². The van der Waals surface area contributed by atoms with Gasteiger partial charge in [-0.3, -0.25) is 14.9 Å². The molecule has 0 fully saturated rings. The maximum Gasteiger partial charge on any atom is 0.270 e. The molecule has 2 rings (SSSR count). The van der Waals surface area contributed by atoms with Crippen molar-refractivity contribution in [2.75, 3.05) is 0 Å². The minimum absolute atomic E-state index is 0.0496. The number of nitro benzene ring substituents is 1. The summed E-state index contributed by atoms with van der Waals surface area (Å²) in [6.07, 6.45) is 1.24. The summed E-state index contributed by atoms with van der Waals surface area (Å²) in [6, 6.07) is 12.4. The predicted octanol–water partition coefficient (Wildman–Crippen LogP) is 2.05. The van der Waals surface area contributed by atoms with Crippen LogP contribution in [0.2, 0.25) is 0 Å². The van der Waals surface area contributed by atoms with Gasteiger partial charge in [-0.15, -0.1) is 0 Å². The number of rotatable bonds is 8. The summed E-state index contributed by atoms with van der Waals surface area (Å²) in [5.41, 5.74) is 2.58. The van der Waals surface area contributed by atoms with Gasteiger partial charge in [0.25, 0.3) is 11.6 Å². The van der Waals surface area contributed by atoms with E-state index in [1.165, 1.54) is 36.5 Å². The highest BCUT2D eigenvalue weighted by molar-refractivity contribution is 7.89. The van der Waals surface area contributed by atoms with Crippen molar-refractivity contribution in [2.45, 2.75) is 24.8 Å². The number of nitrogens with zero attached hydrogens (tertiary/aromatic N) is 2. The lowest BCUT2D eigenvalue weighted by atomic mass is 10.1. The normalized spacial score (nSPS) is 12.8. The minimum Gasteiger partial charge on any atom is -0.271 e. The van der Waals surface area contributed by atoms with Gasteiger partial charge in [0.2, 0.25) is 10.0 Å². The van der Waals surface area contributed by atoms with Crippen molar-refractivity contribution in [3.8, 4) is 0 Å². The fourth-order valence-electron chi connectivity index (χ4n) is 2.29. The van der Waals surface area contributed by atoms with Gasteiger partial charge in [0.1, 0.15) is 6.04 Å². The summed E-state index contributed by atoms with van der Waals surface area (Å²) >= 11 is 0. The summed E-state index contributed by atoms with van der Waals surface area (Å²) in [5.74, 6) is -0.984. The van der Waals surface area contributed by atoms with Gasteiger partial charge in [0, 0.05) is 17.7 Å². The molecule has 10 heteroatoms. The quantitative estimate of drug-likeness (QED) is 0.395. The Morgan fingerprint density at radius 2 is 1.82 bits per heavy atom. The molecule has 9 nitrogen and oxygen atoms in total. The van der Waals surface area contributed by atoms with Gasteiger partial charge in [0.05, 0.1) is 16.0 Å². The molecule has 2 aromatic carbocycles. The highest BCUT2D eigenvalue weighted by atomic mass is 32.2. The monoisotopic (exact) mass is 404 g/mol. The molecule has 0 spiro atoms. The zero-order valence-electron chi connectivity index (χ0n) is 15.3. The molecule has 0 saturated heterocycles. The Kier molecular flexibility index (Phi) is 6.96. The third-order valence-corrected chi connectivity index (χ3v) is 5.21. The van der Waals surface area contributed by atoms with E-state index in [2.05, 4.69) is 15.2 Å². The number of nitrogens with one attached hydrogen (secondary N) is 2. The molecule has 0 bridgehead atoms. The van der Waals surface area contributed by atoms with Crippen molar-refractivity contribution < 1.29 is 18.1 Å². The van der Waals surface area contributed by atoms with Crippen molar-refractivity contribution >= 4 is 27.8 Å². The van der Waals surface area contributed by atoms with Crippen LogP contribution in [0, 0.1) is 16.0 Å². The summed E-state index contributed by atoms with van der Waals surface area (Å²) in [6.45, 7) is 3.39. The van der Waals surface area contributed by atoms with Crippen molar-refractivity contribution in [3.63, 3.8) is 0 Å². The van der Waals surface area contributed by atoms with Crippen LogP contribution in [0.15, 0.2) is 64.6 Å². The number of benzene rings is 2. The van der Waals surface area contributed by atoms with Crippen LogP contribution in [0.1, 0.15) is 19.4 Å². The number of sulfonamides is 1. The Bertz CT molecular complexity index is 974. The summed E-state index contributed by atoms with van der Waals surface area (Å²) < 4.78 is 27.3. The second kappa shape index (κ2) is 9.20. The summed E-state index contributed by atoms with van der Waals surface area (Å²) in [4.78, 5) is 22.7. The topological polar surface area (TPSA) is 131 Å². The first kappa shape index (κ1) is 21.2. The molecule has 0 saturated carbocycles. The molecule has 1 atom stereocenters. The average Bonchev–Trinajstić information content (AvgIpc) is 2.66. The second-order valence-electron chi connectivity index (χ2n) is 6.24. The van der Waals surface area contributed by atoms with E-state index >= 15 is 0 Å². The first-order chi connectivity index (χ1) is 13.2. The van der Waals surface area contributed by atoms with Crippen LogP contribution < -0.4 is 10.1 Å². The molecule has 2 aromatic rings. The lowest BCUT2D eigenvalue weighted by Crippen LogP contribution is -2.48. The van der Waals surface area contributed by atoms with Crippen LogP contribution >= 0.6 is 0 Å². The molecule has 0 aromatic heterocycles. The molecule has 28 heavy (non-hydrogen) atoms. The van der Waals surface area contributed by atoms with Gasteiger partial charge in [-0.1, -0.05) is 44.2 Å². The van der Waals surface area contributed by atoms with E-state index in [0.717, 1.165) is 0 Å². The molecule has 2 N–H and O–H groups in total. The smallest absolute Gasteiger partial charge is 0.270 e. The van der Waals surface area contributed by atoms with E-state index in [9.17, 15) is 23.3 Å². The number of hydrogen-bond donors (Lipinski definition) is 2. The number of hydrogen-bond acceptors (Lipinski definition) is 6. The Hall–Kier alpha value is -3.11. The number of carbonyl (C=O) groups excluding carboxylic acids is 1. The number of nitro groups is 1. The molecule has 0 radical (unpaired) electrons. The highest BCUT2D eigenvalue weighted by Gasteiger charge is 2.28. The van der Waals surface area contributed by atoms with Gasteiger partial charge in [0.15, 0.2) is 0 Å². The molecular formula is C18H20N4O5S. The lowest BCUT2D eigenvalue weighted by Gasteiger charge is -2.20. The van der Waals surface area contributed by atoms with Crippen molar-refractivity contribution in [1.82, 2.24) is 10.1 Å². The van der Waals surface area contributed by atoms with E-state index in [-0.39, 0.29) is 16.5 Å². The van der Waals surface area contributed by atoms with Crippen molar-refractivity contribution in [1.29, 1.82) is 0 Å². The van der Waals surface area contributed by atoms with E-state index in [1.807, 2.05) is 0 Å². The lowest BCUT2D eigenvalue weighted by molar-refractivity contribution is -0.384. The van der Waals surface area contributed by atoms with Gasteiger partial charge >= 0.3 is 0 Å². The zero-order valence-corrected chi connectivity index (χ0v) is 16.1. The molecule has 0 heterocycles. The minimum atomic E-state index is -3.88. The largest absolute Gasteiger partial charge is 0.271 e. The maximum atomic E-state index is 12.5. The summed E-state index contributed by atoms with van der Waals surface area (Å²) in [5, 5.41) is 14.5. The van der Waals surface area contributed by atoms with Crippen LogP contribution in [0.4, 0.5) is 5.69 Å². The van der Waals surface area contributed by atoms with E-state index in [0.29, 0.717) is 5.56 Å². The average molecular weight is 404 g/mol. The Morgan fingerprint density at radius 1 is 1.14 bits per heavy atom. The predicted molar refractivity (Wildman–Crippen MR) is 104 cm³/mol. The first-order valence-corrected chi connectivity index (χ1v) is 9.84. The SMILES string of the molecule is CC(C)C(NS(=O)(=O)c1ccccc1)C(=O)NN=Cc1cccc([N+](=O)[O-])c1. The zero-order chi connectivity index (χ0) is 20.7. The molecule has 0 aliphatic heterocycles. The molecule has 0 aliphatic rings. The van der Waals surface area contributed by atoms with Gasteiger partial charge in [-0.05, 0) is 18.1 Å². The Balaban J connectivity index is 2.09. The van der Waals surface area contributed by atoms with Gasteiger partial charge in [-0.25, -0.2) is 13.8 Å².